The summed E-state index contributed by atoms with van der Waals surface area (Å²) in [4.78, 5) is 41.4. The molecule has 1 aromatic heterocycles. The number of halogens is 3. The van der Waals surface area contributed by atoms with Gasteiger partial charge in [0.25, 0.3) is 5.91 Å². The number of carbonyl (C=O) groups excluding carboxylic acids is 3. The number of ether oxygens (including phenoxy) is 3. The molecule has 46 heavy (non-hydrogen) atoms. The Morgan fingerprint density at radius 2 is 1.72 bits per heavy atom. The van der Waals surface area contributed by atoms with Crippen molar-refractivity contribution in [2.45, 2.75) is 20.8 Å². The molecule has 9 nitrogen and oxygen atoms in total. The van der Waals surface area contributed by atoms with Crippen LogP contribution in [-0.4, -0.2) is 36.2 Å². The van der Waals surface area contributed by atoms with Crippen LogP contribution in [-0.2, 0) is 4.79 Å². The van der Waals surface area contributed by atoms with Gasteiger partial charge >= 0.3 is 11.9 Å². The number of hydrogen-bond donors (Lipinski definition) is 2. The van der Waals surface area contributed by atoms with E-state index in [2.05, 4.69) is 47.4 Å². The molecule has 0 aliphatic heterocycles. The number of aromatic nitrogens is 1. The third-order valence-electron chi connectivity index (χ3n) is 6.87. The third-order valence-corrected chi connectivity index (χ3v) is 8.25. The van der Waals surface area contributed by atoms with Crippen LogP contribution < -0.4 is 19.6 Å². The second kappa shape index (κ2) is 13.9. The lowest BCUT2D eigenvalue weighted by atomic mass is 9.99. The number of esters is 2. The summed E-state index contributed by atoms with van der Waals surface area (Å²) in [5.74, 6) is -1.23. The van der Waals surface area contributed by atoms with Crippen molar-refractivity contribution in [1.29, 1.82) is 0 Å². The molecule has 4 aromatic carbocycles. The molecule has 0 spiro atoms. The Morgan fingerprint density at radius 3 is 2.43 bits per heavy atom. The zero-order valence-electron chi connectivity index (χ0n) is 25.0. The van der Waals surface area contributed by atoms with Gasteiger partial charge in [-0.3, -0.25) is 9.59 Å². The van der Waals surface area contributed by atoms with Crippen LogP contribution in [0.3, 0.4) is 0 Å². The largest absolute Gasteiger partial charge is 0.493 e. The van der Waals surface area contributed by atoms with Crippen LogP contribution in [0.25, 0.3) is 22.0 Å². The zero-order valence-corrected chi connectivity index (χ0v) is 28.9. The lowest BCUT2D eigenvalue weighted by molar-refractivity contribution is -0.132. The van der Waals surface area contributed by atoms with Gasteiger partial charge in [-0.15, -0.1) is 0 Å². The summed E-state index contributed by atoms with van der Waals surface area (Å²) in [5, 5.41) is 5.56. The molecule has 0 fully saturated rings. The third kappa shape index (κ3) is 7.01. The van der Waals surface area contributed by atoms with E-state index >= 15 is 0 Å². The van der Waals surface area contributed by atoms with Crippen molar-refractivity contribution in [3.8, 4) is 28.4 Å². The normalized spacial score (nSPS) is 11.1. The number of hydrogen-bond acceptors (Lipinski definition) is 7. The molecular weight excluding hydrogens is 742 g/mol. The highest BCUT2D eigenvalue weighted by Gasteiger charge is 2.22. The standard InChI is InChI=1S/C34H26Br2ClN3O6/c1-17-11-18(2)30-24(12-17)29(23-7-5-6-8-26(23)37)31(39-30)33(42)40-38-16-21-13-22(35)15-25(36)32(21)46-34(43)20-9-10-27(45-19(3)41)28(14-20)44-4/h5-16,39H,1-4H3,(H,40,42). The first-order chi connectivity index (χ1) is 22.0. The minimum atomic E-state index is -0.706. The first-order valence-corrected chi connectivity index (χ1v) is 15.7. The number of benzene rings is 4. The van der Waals surface area contributed by atoms with Crippen LogP contribution in [0, 0.1) is 13.8 Å². The fraction of sp³-hybridized carbons (Fsp3) is 0.118. The van der Waals surface area contributed by atoms with E-state index in [1.54, 1.807) is 18.2 Å². The number of carbonyl (C=O) groups is 3. The van der Waals surface area contributed by atoms with E-state index < -0.39 is 17.8 Å². The Bertz CT molecular complexity index is 2060. The Kier molecular flexibility index (Phi) is 9.95. The quantitative estimate of drug-likeness (QED) is 0.0708. The summed E-state index contributed by atoms with van der Waals surface area (Å²) < 4.78 is 17.2. The maximum Gasteiger partial charge on any atom is 0.343 e. The number of nitrogens with zero attached hydrogens (tertiary/aromatic N) is 1. The molecule has 0 saturated heterocycles. The fourth-order valence-electron chi connectivity index (χ4n) is 4.95. The molecule has 12 heteroatoms. The van der Waals surface area contributed by atoms with Gasteiger partial charge in [-0.1, -0.05) is 57.4 Å². The highest BCUT2D eigenvalue weighted by molar-refractivity contribution is 9.11. The number of nitrogens with one attached hydrogen (secondary N) is 2. The molecule has 0 aliphatic rings. The number of methoxy groups -OCH3 is 1. The van der Waals surface area contributed by atoms with Crippen LogP contribution in [0.5, 0.6) is 17.2 Å². The summed E-state index contributed by atoms with van der Waals surface area (Å²) >= 11 is 13.5. The van der Waals surface area contributed by atoms with Crippen molar-refractivity contribution in [1.82, 2.24) is 10.4 Å². The monoisotopic (exact) mass is 765 g/mol. The average molecular weight is 768 g/mol. The van der Waals surface area contributed by atoms with Crippen molar-refractivity contribution >= 4 is 78.4 Å². The number of amides is 1. The van der Waals surface area contributed by atoms with Gasteiger partial charge in [0.1, 0.15) is 5.69 Å². The van der Waals surface area contributed by atoms with Gasteiger partial charge < -0.3 is 19.2 Å². The van der Waals surface area contributed by atoms with Crippen LogP contribution in [0.4, 0.5) is 0 Å². The van der Waals surface area contributed by atoms with Gasteiger partial charge in [-0.25, -0.2) is 10.2 Å². The second-order valence-electron chi connectivity index (χ2n) is 10.2. The number of rotatable bonds is 8. The second-order valence-corrected chi connectivity index (χ2v) is 12.4. The Balaban J connectivity index is 1.45. The van der Waals surface area contributed by atoms with Crippen LogP contribution in [0.15, 0.2) is 80.8 Å². The van der Waals surface area contributed by atoms with Gasteiger partial charge in [0.15, 0.2) is 17.2 Å². The summed E-state index contributed by atoms with van der Waals surface area (Å²) in [5.41, 5.74) is 7.62. The number of hydrazone groups is 1. The van der Waals surface area contributed by atoms with E-state index in [4.69, 9.17) is 25.8 Å². The van der Waals surface area contributed by atoms with Crippen molar-refractivity contribution in [3.05, 3.63) is 109 Å². The summed E-state index contributed by atoms with van der Waals surface area (Å²) in [6, 6.07) is 19.0. The highest BCUT2D eigenvalue weighted by Crippen LogP contribution is 2.38. The molecule has 0 unspecified atom stereocenters. The molecule has 5 aromatic rings. The molecule has 5 rings (SSSR count). The van der Waals surface area contributed by atoms with Crippen molar-refractivity contribution in [2.24, 2.45) is 5.10 Å². The van der Waals surface area contributed by atoms with Crippen molar-refractivity contribution in [2.75, 3.05) is 7.11 Å². The molecule has 2 N–H and O–H groups in total. The SMILES string of the molecule is COc1cc(C(=O)Oc2c(Br)cc(Br)cc2C=NNC(=O)c2[nH]c3c(C)cc(C)cc3c2-c2ccccc2Cl)ccc1OC(C)=O. The van der Waals surface area contributed by atoms with Gasteiger partial charge in [-0.2, -0.15) is 5.10 Å². The smallest absolute Gasteiger partial charge is 0.343 e. The molecule has 0 atom stereocenters. The predicted octanol–water partition coefficient (Wildman–Crippen LogP) is 8.55. The minimum absolute atomic E-state index is 0.148. The van der Waals surface area contributed by atoms with E-state index in [1.807, 2.05) is 44.2 Å². The first kappa shape index (κ1) is 32.9. The van der Waals surface area contributed by atoms with E-state index in [0.29, 0.717) is 36.4 Å². The molecule has 0 bridgehead atoms. The molecule has 0 aliphatic carbocycles. The molecule has 234 valence electrons. The van der Waals surface area contributed by atoms with Crippen LogP contribution in [0.2, 0.25) is 5.02 Å². The minimum Gasteiger partial charge on any atom is -0.493 e. The number of H-pyrrole nitrogens is 1. The fourth-order valence-corrected chi connectivity index (χ4v) is 6.52. The van der Waals surface area contributed by atoms with Crippen molar-refractivity contribution in [3.63, 3.8) is 0 Å². The predicted molar refractivity (Wildman–Crippen MR) is 184 cm³/mol. The van der Waals surface area contributed by atoms with Gasteiger partial charge in [0, 0.05) is 44.0 Å². The van der Waals surface area contributed by atoms with E-state index in [1.165, 1.54) is 38.4 Å². The van der Waals surface area contributed by atoms with Gasteiger partial charge in [0.2, 0.25) is 0 Å². The van der Waals surface area contributed by atoms with Gasteiger partial charge in [-0.05, 0) is 77.8 Å². The molecule has 1 amide bonds. The van der Waals surface area contributed by atoms with Crippen molar-refractivity contribution < 1.29 is 28.6 Å². The Hall–Kier alpha value is -4.45. The summed E-state index contributed by atoms with van der Waals surface area (Å²) in [7, 11) is 1.39. The lowest BCUT2D eigenvalue weighted by Crippen LogP contribution is -2.19. The number of aromatic amines is 1. The number of aryl methyl sites for hydroxylation is 2. The maximum atomic E-state index is 13.6. The molecule has 0 saturated carbocycles. The highest BCUT2D eigenvalue weighted by atomic mass is 79.9. The Labute approximate surface area is 286 Å². The summed E-state index contributed by atoms with van der Waals surface area (Å²) in [6.07, 6.45) is 1.37. The van der Waals surface area contributed by atoms with E-state index in [0.717, 1.165) is 22.0 Å². The topological polar surface area (TPSA) is 119 Å². The lowest BCUT2D eigenvalue weighted by Gasteiger charge is -2.12. The summed E-state index contributed by atoms with van der Waals surface area (Å²) in [6.45, 7) is 5.23. The number of fused-ring (bicyclic) bond motifs is 1. The van der Waals surface area contributed by atoms with E-state index in [-0.39, 0.29) is 22.8 Å². The van der Waals surface area contributed by atoms with E-state index in [9.17, 15) is 14.4 Å². The maximum absolute atomic E-state index is 13.6. The van der Waals surface area contributed by atoms with Gasteiger partial charge in [0.05, 0.1) is 23.4 Å². The van der Waals surface area contributed by atoms with Crippen LogP contribution >= 0.6 is 43.5 Å². The average Bonchev–Trinajstić information content (AvgIpc) is 3.38. The first-order valence-electron chi connectivity index (χ1n) is 13.8. The van der Waals surface area contributed by atoms with Crippen LogP contribution in [0.1, 0.15) is 44.5 Å². The zero-order chi connectivity index (χ0) is 33.1. The molecular formula is C34H26Br2ClN3O6. The Morgan fingerprint density at radius 1 is 0.957 bits per heavy atom. The molecule has 1 heterocycles. The molecule has 0 radical (unpaired) electrons.